The summed E-state index contributed by atoms with van der Waals surface area (Å²) in [6, 6.07) is 5.58. The van der Waals surface area contributed by atoms with Gasteiger partial charge in [-0.3, -0.25) is 14.3 Å². The number of H-pyrrole nitrogens is 1. The molecule has 0 spiro atoms. The molecule has 8 nitrogen and oxygen atoms in total. The van der Waals surface area contributed by atoms with Gasteiger partial charge in [-0.1, -0.05) is 24.3 Å². The van der Waals surface area contributed by atoms with Crippen LogP contribution in [0.5, 0.6) is 5.75 Å². The second-order valence-electron chi connectivity index (χ2n) is 6.58. The molecule has 31 heavy (non-hydrogen) atoms. The Morgan fingerprint density at radius 1 is 1.26 bits per heavy atom. The molecule has 0 aliphatic heterocycles. The number of allylic oxidation sites excluding steroid dienone is 2. The van der Waals surface area contributed by atoms with Gasteiger partial charge in [0.15, 0.2) is 0 Å². The van der Waals surface area contributed by atoms with E-state index in [2.05, 4.69) is 4.72 Å². The highest BCUT2D eigenvalue weighted by molar-refractivity contribution is 7.89. The van der Waals surface area contributed by atoms with Crippen molar-refractivity contribution in [3.05, 3.63) is 74.8 Å². The van der Waals surface area contributed by atoms with Crippen LogP contribution >= 0.6 is 0 Å². The first kappa shape index (κ1) is 24.4. The number of aromatic amines is 1. The Labute approximate surface area is 176 Å². The minimum absolute atomic E-state index is 0.0399. The maximum absolute atomic E-state index is 13.2. The molecule has 0 aliphatic rings. The first-order valence-corrected chi connectivity index (χ1v) is 10.9. The monoisotopic (exact) mass is 461 g/mol. The average Bonchev–Trinajstić information content (AvgIpc) is 2.69. The van der Waals surface area contributed by atoms with Crippen LogP contribution in [0, 0.1) is 5.82 Å². The summed E-state index contributed by atoms with van der Waals surface area (Å²) >= 11 is 0. The molecule has 0 radical (unpaired) electrons. The summed E-state index contributed by atoms with van der Waals surface area (Å²) in [6.07, 6.45) is 1.26. The van der Waals surface area contributed by atoms with Crippen molar-refractivity contribution in [3.63, 3.8) is 0 Å². The van der Waals surface area contributed by atoms with Gasteiger partial charge in [-0.15, -0.1) is 0 Å². The van der Waals surface area contributed by atoms with Crippen molar-refractivity contribution in [3.8, 4) is 5.75 Å². The molecular formula is C19H22F3N3O5S. The fourth-order valence-electron chi connectivity index (χ4n) is 2.58. The maximum Gasteiger partial charge on any atom is 0.328 e. The van der Waals surface area contributed by atoms with E-state index in [0.29, 0.717) is 5.56 Å². The van der Waals surface area contributed by atoms with Gasteiger partial charge in [0.2, 0.25) is 15.8 Å². The normalized spacial score (nSPS) is 13.1. The van der Waals surface area contributed by atoms with E-state index in [1.54, 1.807) is 19.1 Å². The lowest BCUT2D eigenvalue weighted by Gasteiger charge is -2.15. The van der Waals surface area contributed by atoms with Crippen LogP contribution in [0.15, 0.2) is 52.2 Å². The highest BCUT2D eigenvalue weighted by Crippen LogP contribution is 2.20. The van der Waals surface area contributed by atoms with Crippen molar-refractivity contribution in [2.45, 2.75) is 32.4 Å². The highest BCUT2D eigenvalue weighted by Gasteiger charge is 2.16. The fraction of sp³-hybridized carbons (Fsp3) is 0.368. The van der Waals surface area contributed by atoms with Gasteiger partial charge < -0.3 is 4.74 Å². The zero-order valence-electron chi connectivity index (χ0n) is 16.6. The van der Waals surface area contributed by atoms with Crippen LogP contribution in [0.1, 0.15) is 24.9 Å². The van der Waals surface area contributed by atoms with Gasteiger partial charge >= 0.3 is 5.69 Å². The van der Waals surface area contributed by atoms with Crippen molar-refractivity contribution in [1.29, 1.82) is 0 Å². The molecule has 0 bridgehead atoms. The summed E-state index contributed by atoms with van der Waals surface area (Å²) in [5.74, 6) is -1.14. The van der Waals surface area contributed by atoms with E-state index in [1.807, 2.05) is 4.98 Å². The summed E-state index contributed by atoms with van der Waals surface area (Å²) in [4.78, 5) is 24.3. The molecule has 2 aromatic rings. The predicted octanol–water partition coefficient (Wildman–Crippen LogP) is 1.95. The van der Waals surface area contributed by atoms with Crippen molar-refractivity contribution in [2.24, 2.45) is 0 Å². The van der Waals surface area contributed by atoms with Crippen LogP contribution in [-0.4, -0.2) is 36.8 Å². The number of nitrogens with one attached hydrogen (secondary N) is 2. The minimum atomic E-state index is -3.67. The Morgan fingerprint density at radius 3 is 2.71 bits per heavy atom. The molecule has 2 N–H and O–H groups in total. The number of aromatic nitrogens is 2. The second kappa shape index (κ2) is 11.0. The summed E-state index contributed by atoms with van der Waals surface area (Å²) in [5.41, 5.74) is -1.34. The smallest absolute Gasteiger partial charge is 0.328 e. The number of hydrogen-bond acceptors (Lipinski definition) is 5. The Bertz CT molecular complexity index is 1130. The lowest BCUT2D eigenvalue weighted by molar-refractivity contribution is 0.0818. The Morgan fingerprint density at radius 2 is 2.00 bits per heavy atom. The van der Waals surface area contributed by atoms with Gasteiger partial charge in [-0.05, 0) is 31.0 Å². The SMILES string of the molecule is C[C@@H](NS(=O)(=O)CC/C=C/Cn1cc(F)c(=O)[nH]c1=O)c1cccc(OCC(F)F)c1. The number of benzene rings is 1. The Hall–Kier alpha value is -2.86. The molecule has 2 rings (SSSR count). The van der Waals surface area contributed by atoms with Crippen molar-refractivity contribution in [2.75, 3.05) is 12.4 Å². The summed E-state index contributed by atoms with van der Waals surface area (Å²) < 4.78 is 70.6. The molecule has 0 saturated carbocycles. The number of alkyl halides is 2. The first-order chi connectivity index (χ1) is 14.6. The van der Waals surface area contributed by atoms with E-state index in [-0.39, 0.29) is 24.5 Å². The number of halogens is 3. The minimum Gasteiger partial charge on any atom is -0.488 e. The molecular weight excluding hydrogens is 439 g/mol. The van der Waals surface area contributed by atoms with Crippen molar-refractivity contribution < 1.29 is 26.3 Å². The number of sulfonamides is 1. The Kier molecular flexibility index (Phi) is 8.63. The largest absolute Gasteiger partial charge is 0.488 e. The molecule has 0 amide bonds. The highest BCUT2D eigenvalue weighted by atomic mass is 32.2. The molecule has 0 unspecified atom stereocenters. The molecule has 0 saturated heterocycles. The zero-order chi connectivity index (χ0) is 23.0. The third kappa shape index (κ3) is 8.06. The van der Waals surface area contributed by atoms with Crippen LogP contribution in [0.2, 0.25) is 0 Å². The second-order valence-corrected chi connectivity index (χ2v) is 8.46. The molecule has 1 aromatic carbocycles. The number of rotatable bonds is 11. The average molecular weight is 461 g/mol. The molecule has 12 heteroatoms. The molecule has 1 aromatic heterocycles. The van der Waals surface area contributed by atoms with E-state index < -0.39 is 46.2 Å². The van der Waals surface area contributed by atoms with Crippen LogP contribution in [0.25, 0.3) is 0 Å². The van der Waals surface area contributed by atoms with E-state index in [9.17, 15) is 31.2 Å². The predicted molar refractivity (Wildman–Crippen MR) is 108 cm³/mol. The van der Waals surface area contributed by atoms with Gasteiger partial charge in [-0.25, -0.2) is 26.7 Å². The van der Waals surface area contributed by atoms with Gasteiger partial charge in [0.05, 0.1) is 11.9 Å². The molecule has 0 fully saturated rings. The lowest BCUT2D eigenvalue weighted by atomic mass is 10.1. The number of ether oxygens (including phenoxy) is 1. The third-order valence-electron chi connectivity index (χ3n) is 4.08. The van der Waals surface area contributed by atoms with E-state index in [1.165, 1.54) is 24.3 Å². The van der Waals surface area contributed by atoms with E-state index in [0.717, 1.165) is 10.8 Å². The first-order valence-electron chi connectivity index (χ1n) is 9.22. The van der Waals surface area contributed by atoms with Gasteiger partial charge in [0, 0.05) is 12.6 Å². The summed E-state index contributed by atoms with van der Waals surface area (Å²) in [5, 5.41) is 0. The van der Waals surface area contributed by atoms with E-state index >= 15 is 0 Å². The van der Waals surface area contributed by atoms with Gasteiger partial charge in [0.1, 0.15) is 12.4 Å². The van der Waals surface area contributed by atoms with Crippen molar-refractivity contribution in [1.82, 2.24) is 14.3 Å². The molecule has 1 atom stereocenters. The van der Waals surface area contributed by atoms with Gasteiger partial charge in [0.25, 0.3) is 12.0 Å². The lowest BCUT2D eigenvalue weighted by Crippen LogP contribution is -2.31. The van der Waals surface area contributed by atoms with Crippen LogP contribution in [-0.2, 0) is 16.6 Å². The zero-order valence-corrected chi connectivity index (χ0v) is 17.4. The Balaban J connectivity index is 1.88. The van der Waals surface area contributed by atoms with Gasteiger partial charge in [-0.2, -0.15) is 4.39 Å². The molecule has 1 heterocycles. The van der Waals surface area contributed by atoms with Crippen LogP contribution in [0.4, 0.5) is 13.2 Å². The summed E-state index contributed by atoms with van der Waals surface area (Å²) in [6.45, 7) is 0.812. The van der Waals surface area contributed by atoms with E-state index in [4.69, 9.17) is 4.74 Å². The summed E-state index contributed by atoms with van der Waals surface area (Å²) in [7, 11) is -3.67. The third-order valence-corrected chi connectivity index (χ3v) is 5.57. The van der Waals surface area contributed by atoms with Crippen molar-refractivity contribution >= 4 is 10.0 Å². The molecule has 0 aliphatic carbocycles. The fourth-order valence-corrected chi connectivity index (χ4v) is 3.82. The maximum atomic E-state index is 13.2. The number of nitrogens with zero attached hydrogens (tertiary/aromatic N) is 1. The molecule has 170 valence electrons. The number of hydrogen-bond donors (Lipinski definition) is 2. The van der Waals surface area contributed by atoms with Crippen LogP contribution < -0.4 is 20.7 Å². The quantitative estimate of drug-likeness (QED) is 0.497. The van der Waals surface area contributed by atoms with Crippen LogP contribution in [0.3, 0.4) is 0 Å². The standard InChI is InChI=1S/C19H22F3N3O5S/c1-13(14-6-5-7-15(10-14)30-12-17(21)22)24-31(28,29)9-4-2-3-8-25-11-16(20)18(26)23-19(25)27/h2-3,5-7,10-11,13,17,24H,4,8-9,12H2,1H3,(H,23,26,27)/b3-2+/t13-/m1/s1. The topological polar surface area (TPSA) is 110 Å².